The summed E-state index contributed by atoms with van der Waals surface area (Å²) in [6, 6.07) is 6.77. The van der Waals surface area contributed by atoms with E-state index in [9.17, 15) is 9.59 Å². The Kier molecular flexibility index (Phi) is 16.5. The molecule has 0 heterocycles. The molecule has 4 nitrogen and oxygen atoms in total. The summed E-state index contributed by atoms with van der Waals surface area (Å²) in [7, 11) is 0. The molecule has 0 aliphatic carbocycles. The number of carbonyl (C=O) groups excluding carboxylic acids is 2. The Bertz CT molecular complexity index is 545. The van der Waals surface area contributed by atoms with E-state index in [0.717, 1.165) is 51.4 Å². The highest BCUT2D eigenvalue weighted by atomic mass is 16.5. The van der Waals surface area contributed by atoms with Crippen molar-refractivity contribution in [2.75, 3.05) is 13.2 Å². The molecule has 4 heteroatoms. The molecule has 1 rings (SSSR count). The summed E-state index contributed by atoms with van der Waals surface area (Å²) in [5, 5.41) is 0. The quantitative estimate of drug-likeness (QED) is 0.236. The van der Waals surface area contributed by atoms with Crippen LogP contribution in [0.5, 0.6) is 0 Å². The monoisotopic (exact) mass is 418 g/mol. The third-order valence-corrected chi connectivity index (χ3v) is 5.35. The van der Waals surface area contributed by atoms with E-state index in [1.54, 1.807) is 24.3 Å². The van der Waals surface area contributed by atoms with Crippen molar-refractivity contribution in [1.82, 2.24) is 0 Å². The van der Waals surface area contributed by atoms with Crippen molar-refractivity contribution in [2.45, 2.75) is 79.1 Å². The average Bonchev–Trinajstić information content (AvgIpc) is 2.80. The van der Waals surface area contributed by atoms with Gasteiger partial charge in [0.15, 0.2) is 0 Å². The number of unbranched alkanes of at least 4 members (excludes halogenated alkanes) is 2. The maximum Gasteiger partial charge on any atom is 0.339 e. The van der Waals surface area contributed by atoms with Gasteiger partial charge >= 0.3 is 11.9 Å². The van der Waals surface area contributed by atoms with Crippen LogP contribution in [0.3, 0.4) is 0 Å². The molecule has 2 atom stereocenters. The second kappa shape index (κ2) is 17.7. The minimum absolute atomic E-state index is 0.291. The molecular weight excluding hydrogens is 376 g/mol. The van der Waals surface area contributed by atoms with Crippen molar-refractivity contribution in [1.29, 1.82) is 0 Å². The van der Waals surface area contributed by atoms with Crippen LogP contribution in [0.1, 0.15) is 99.8 Å². The van der Waals surface area contributed by atoms with Gasteiger partial charge in [0.05, 0.1) is 24.3 Å². The van der Waals surface area contributed by atoms with Crippen molar-refractivity contribution in [3.05, 3.63) is 48.6 Å². The molecule has 0 aliphatic heterocycles. The number of ether oxygens (including phenoxy) is 2. The summed E-state index contributed by atoms with van der Waals surface area (Å²) >= 11 is 0. The van der Waals surface area contributed by atoms with E-state index in [0.29, 0.717) is 36.2 Å². The molecular formula is C26H42O4. The zero-order chi connectivity index (χ0) is 22.8. The van der Waals surface area contributed by atoms with Gasteiger partial charge < -0.3 is 9.47 Å². The van der Waals surface area contributed by atoms with Crippen LogP contribution in [0.15, 0.2) is 37.4 Å². The molecule has 1 aromatic carbocycles. The molecule has 0 aromatic heterocycles. The standard InChI is InChI=1S/C24H38O4.C2H4/c1-5-9-13-19(7-3)17-27-23(25)21-15-11-12-16-22(21)24(26)28-18-20(8-4)14-10-6-2;1-2/h11-12,15-16,19-20H,5-10,13-14,17-18H2,1-4H3;1-2H2. The zero-order valence-corrected chi connectivity index (χ0v) is 19.6. The van der Waals surface area contributed by atoms with E-state index in [-0.39, 0.29) is 0 Å². The summed E-state index contributed by atoms with van der Waals surface area (Å²) in [4.78, 5) is 25.1. The van der Waals surface area contributed by atoms with E-state index in [1.165, 1.54) is 0 Å². The van der Waals surface area contributed by atoms with Gasteiger partial charge in [0.1, 0.15) is 0 Å². The van der Waals surface area contributed by atoms with Crippen molar-refractivity contribution in [2.24, 2.45) is 11.8 Å². The molecule has 1 aromatic rings. The number of rotatable bonds is 14. The SMILES string of the molecule is C=C.CCCCC(CC)COC(=O)c1ccccc1C(=O)OCC(CC)CCCC. The Morgan fingerprint density at radius 2 is 1.13 bits per heavy atom. The first-order valence-electron chi connectivity index (χ1n) is 11.5. The molecule has 2 unspecified atom stereocenters. The number of esters is 2. The summed E-state index contributed by atoms with van der Waals surface area (Å²) in [5.74, 6) is -0.153. The second-order valence-electron chi connectivity index (χ2n) is 7.58. The molecule has 0 radical (unpaired) electrons. The Labute approximate surface area is 184 Å². The lowest BCUT2D eigenvalue weighted by Crippen LogP contribution is -2.19. The molecule has 0 saturated heterocycles. The van der Waals surface area contributed by atoms with Gasteiger partial charge in [-0.2, -0.15) is 0 Å². The summed E-state index contributed by atoms with van der Waals surface area (Å²) in [6.45, 7) is 15.3. The normalized spacial score (nSPS) is 12.3. The van der Waals surface area contributed by atoms with Gasteiger partial charge in [-0.25, -0.2) is 9.59 Å². The van der Waals surface area contributed by atoms with E-state index in [4.69, 9.17) is 9.47 Å². The highest BCUT2D eigenvalue weighted by Gasteiger charge is 2.21. The molecule has 0 N–H and O–H groups in total. The lowest BCUT2D eigenvalue weighted by atomic mass is 10.0. The van der Waals surface area contributed by atoms with Crippen LogP contribution in [-0.4, -0.2) is 25.2 Å². The summed E-state index contributed by atoms with van der Waals surface area (Å²) in [6.07, 6.45) is 8.61. The highest BCUT2D eigenvalue weighted by molar-refractivity contribution is 6.03. The van der Waals surface area contributed by atoms with Gasteiger partial charge in [-0.05, 0) is 36.8 Å². The smallest absolute Gasteiger partial charge is 0.339 e. The van der Waals surface area contributed by atoms with Crippen molar-refractivity contribution in [3.8, 4) is 0 Å². The van der Waals surface area contributed by atoms with Gasteiger partial charge in [0.2, 0.25) is 0 Å². The second-order valence-corrected chi connectivity index (χ2v) is 7.58. The number of hydrogen-bond donors (Lipinski definition) is 0. The maximum absolute atomic E-state index is 12.6. The molecule has 30 heavy (non-hydrogen) atoms. The highest BCUT2D eigenvalue weighted by Crippen LogP contribution is 2.18. The Hall–Kier alpha value is -2.10. The fourth-order valence-corrected chi connectivity index (χ4v) is 3.18. The fourth-order valence-electron chi connectivity index (χ4n) is 3.18. The van der Waals surface area contributed by atoms with E-state index in [1.807, 2.05) is 0 Å². The maximum atomic E-state index is 12.6. The first-order chi connectivity index (χ1) is 14.6. The van der Waals surface area contributed by atoms with Gasteiger partial charge in [0.25, 0.3) is 0 Å². The number of carbonyl (C=O) groups is 2. The van der Waals surface area contributed by atoms with Gasteiger partial charge in [-0.1, -0.05) is 78.4 Å². The van der Waals surface area contributed by atoms with Gasteiger partial charge in [0, 0.05) is 0 Å². The summed E-state index contributed by atoms with van der Waals surface area (Å²) < 4.78 is 11.0. The molecule has 0 fully saturated rings. The fraction of sp³-hybridized carbons (Fsp3) is 0.615. The third-order valence-electron chi connectivity index (χ3n) is 5.35. The molecule has 170 valence electrons. The lowest BCUT2D eigenvalue weighted by molar-refractivity contribution is 0.0381. The number of hydrogen-bond acceptors (Lipinski definition) is 4. The minimum atomic E-state index is -0.444. The van der Waals surface area contributed by atoms with Crippen LogP contribution in [0.2, 0.25) is 0 Å². The van der Waals surface area contributed by atoms with E-state index < -0.39 is 11.9 Å². The molecule has 0 aliphatic rings. The van der Waals surface area contributed by atoms with E-state index >= 15 is 0 Å². The van der Waals surface area contributed by atoms with Gasteiger partial charge in [-0.3, -0.25) is 0 Å². The Balaban J connectivity index is 0.00000407. The minimum Gasteiger partial charge on any atom is -0.462 e. The molecule has 0 amide bonds. The topological polar surface area (TPSA) is 52.6 Å². The summed E-state index contributed by atoms with van der Waals surface area (Å²) in [5.41, 5.74) is 0.582. The van der Waals surface area contributed by atoms with Crippen LogP contribution < -0.4 is 0 Å². The van der Waals surface area contributed by atoms with E-state index in [2.05, 4.69) is 40.9 Å². The van der Waals surface area contributed by atoms with Crippen LogP contribution in [0, 0.1) is 11.8 Å². The number of benzene rings is 1. The average molecular weight is 419 g/mol. The van der Waals surface area contributed by atoms with Crippen LogP contribution in [-0.2, 0) is 9.47 Å². The predicted octanol–water partition coefficient (Wildman–Crippen LogP) is 7.24. The molecule has 0 bridgehead atoms. The van der Waals surface area contributed by atoms with Crippen molar-refractivity contribution < 1.29 is 19.1 Å². The zero-order valence-electron chi connectivity index (χ0n) is 19.6. The third kappa shape index (κ3) is 10.6. The Morgan fingerprint density at radius 3 is 1.43 bits per heavy atom. The van der Waals surface area contributed by atoms with Crippen molar-refractivity contribution >= 4 is 11.9 Å². The van der Waals surface area contributed by atoms with Crippen molar-refractivity contribution in [3.63, 3.8) is 0 Å². The van der Waals surface area contributed by atoms with Gasteiger partial charge in [-0.15, -0.1) is 13.2 Å². The van der Waals surface area contributed by atoms with Crippen LogP contribution in [0.4, 0.5) is 0 Å². The molecule has 0 saturated carbocycles. The first-order valence-corrected chi connectivity index (χ1v) is 11.5. The largest absolute Gasteiger partial charge is 0.462 e. The lowest BCUT2D eigenvalue weighted by Gasteiger charge is -2.17. The Morgan fingerprint density at radius 1 is 0.767 bits per heavy atom. The van der Waals surface area contributed by atoms with Crippen LogP contribution >= 0.6 is 0 Å². The molecule has 0 spiro atoms. The predicted molar refractivity (Wildman–Crippen MR) is 125 cm³/mol. The first kappa shape index (κ1) is 27.9. The van der Waals surface area contributed by atoms with Crippen LogP contribution in [0.25, 0.3) is 0 Å².